The molecule has 3 rings (SSSR count). The van der Waals surface area contributed by atoms with Crippen LogP contribution >= 0.6 is 11.8 Å². The molecule has 144 valence electrons. The Morgan fingerprint density at radius 3 is 2.43 bits per heavy atom. The van der Waals surface area contributed by atoms with E-state index in [9.17, 15) is 9.59 Å². The van der Waals surface area contributed by atoms with Gasteiger partial charge in [0.2, 0.25) is 11.8 Å². The highest BCUT2D eigenvalue weighted by atomic mass is 32.2. The van der Waals surface area contributed by atoms with Gasteiger partial charge in [-0.3, -0.25) is 10.1 Å². The molecule has 0 aliphatic heterocycles. The fourth-order valence-electron chi connectivity index (χ4n) is 2.51. The summed E-state index contributed by atoms with van der Waals surface area (Å²) >= 11 is 1.09. The summed E-state index contributed by atoms with van der Waals surface area (Å²) in [5.74, 6) is 0.305. The van der Waals surface area contributed by atoms with Crippen molar-refractivity contribution in [2.75, 3.05) is 11.1 Å². The molecule has 8 heteroatoms. The highest BCUT2D eigenvalue weighted by molar-refractivity contribution is 7.99. The maximum atomic E-state index is 11.9. The lowest BCUT2D eigenvalue weighted by molar-refractivity contribution is -0.117. The van der Waals surface area contributed by atoms with Crippen molar-refractivity contribution in [2.24, 2.45) is 0 Å². The molecule has 1 aromatic heterocycles. The zero-order valence-corrected chi connectivity index (χ0v) is 16.1. The lowest BCUT2D eigenvalue weighted by atomic mass is 9.98. The number of nitrogens with one attached hydrogen (secondary N) is 2. The summed E-state index contributed by atoms with van der Waals surface area (Å²) in [5, 5.41) is 13.1. The Kier molecular flexibility index (Phi) is 6.80. The normalized spacial score (nSPS) is 11.6. The van der Waals surface area contributed by atoms with Gasteiger partial charge < -0.3 is 9.73 Å². The van der Waals surface area contributed by atoms with E-state index >= 15 is 0 Å². The Morgan fingerprint density at radius 2 is 1.71 bits per heavy atom. The molecule has 1 heterocycles. The van der Waals surface area contributed by atoms with Crippen molar-refractivity contribution in [1.82, 2.24) is 15.5 Å². The highest BCUT2D eigenvalue weighted by Crippen LogP contribution is 2.22. The molecule has 0 radical (unpaired) electrons. The largest absolute Gasteiger partial charge is 0.416 e. The van der Waals surface area contributed by atoms with Crippen molar-refractivity contribution < 1.29 is 14.0 Å². The molecule has 28 heavy (non-hydrogen) atoms. The van der Waals surface area contributed by atoms with E-state index in [1.165, 1.54) is 5.56 Å². The van der Waals surface area contributed by atoms with Crippen molar-refractivity contribution >= 4 is 29.4 Å². The van der Waals surface area contributed by atoms with E-state index in [1.807, 2.05) is 24.3 Å². The number of thioether (sulfide) groups is 1. The van der Waals surface area contributed by atoms with Crippen molar-refractivity contribution in [1.29, 1.82) is 0 Å². The van der Waals surface area contributed by atoms with E-state index in [1.54, 1.807) is 24.3 Å². The number of amides is 3. The average Bonchev–Trinajstić information content (AvgIpc) is 3.15. The topological polar surface area (TPSA) is 97.1 Å². The van der Waals surface area contributed by atoms with E-state index in [-0.39, 0.29) is 11.7 Å². The van der Waals surface area contributed by atoms with Gasteiger partial charge in [-0.1, -0.05) is 67.2 Å². The quantitative estimate of drug-likeness (QED) is 0.589. The number of rotatable bonds is 7. The molecule has 0 aliphatic rings. The van der Waals surface area contributed by atoms with Gasteiger partial charge in [0, 0.05) is 12.1 Å². The molecule has 0 bridgehead atoms. The van der Waals surface area contributed by atoms with Gasteiger partial charge in [-0.2, -0.15) is 0 Å². The van der Waals surface area contributed by atoms with Crippen LogP contribution in [0.25, 0.3) is 0 Å². The minimum absolute atomic E-state index is 0.00190. The molecule has 0 saturated heterocycles. The van der Waals surface area contributed by atoms with Crippen LogP contribution in [0.2, 0.25) is 0 Å². The van der Waals surface area contributed by atoms with Crippen LogP contribution in [0.3, 0.4) is 0 Å². The van der Waals surface area contributed by atoms with Crippen molar-refractivity contribution in [3.8, 4) is 0 Å². The van der Waals surface area contributed by atoms with Crippen LogP contribution in [0.5, 0.6) is 0 Å². The van der Waals surface area contributed by atoms with Gasteiger partial charge in [0.15, 0.2) is 0 Å². The molecular formula is C20H20N4O3S. The summed E-state index contributed by atoms with van der Waals surface area (Å²) in [5.41, 5.74) is 1.80. The number of hydrogen-bond donors (Lipinski definition) is 2. The van der Waals surface area contributed by atoms with Crippen LogP contribution in [0, 0.1) is 0 Å². The second-order valence-corrected chi connectivity index (χ2v) is 7.06. The average molecular weight is 396 g/mol. The Bertz CT molecular complexity index is 915. The lowest BCUT2D eigenvalue weighted by Crippen LogP contribution is -2.35. The molecule has 0 saturated carbocycles. The summed E-state index contributed by atoms with van der Waals surface area (Å²) in [6, 6.07) is 18.4. The third-order valence-corrected chi connectivity index (χ3v) is 4.73. The molecule has 1 atom stereocenters. The molecule has 7 nitrogen and oxygen atoms in total. The predicted octanol–water partition coefficient (Wildman–Crippen LogP) is 3.86. The molecule has 0 aliphatic carbocycles. The number of nitrogens with zero attached hydrogens (tertiary/aromatic N) is 2. The smallest absolute Gasteiger partial charge is 0.325 e. The lowest BCUT2D eigenvalue weighted by Gasteiger charge is -2.08. The van der Waals surface area contributed by atoms with Gasteiger partial charge in [-0.05, 0) is 23.6 Å². The zero-order chi connectivity index (χ0) is 19.8. The Balaban J connectivity index is 1.43. The number of carbonyl (C=O) groups excluding carboxylic acids is 2. The first kappa shape index (κ1) is 19.6. The van der Waals surface area contributed by atoms with Gasteiger partial charge >= 0.3 is 6.03 Å². The third-order valence-electron chi connectivity index (χ3n) is 3.91. The number of urea groups is 1. The molecule has 0 fully saturated rings. The fraction of sp³-hybridized carbons (Fsp3) is 0.200. The fourth-order valence-corrected chi connectivity index (χ4v) is 3.09. The number of imide groups is 1. The second kappa shape index (κ2) is 9.70. The minimum Gasteiger partial charge on any atom is -0.416 e. The molecular weight excluding hydrogens is 376 g/mol. The Labute approximate surface area is 166 Å². The number of anilines is 1. The van der Waals surface area contributed by atoms with Gasteiger partial charge in [0.25, 0.3) is 5.22 Å². The van der Waals surface area contributed by atoms with Crippen LogP contribution in [0.15, 0.2) is 70.3 Å². The summed E-state index contributed by atoms with van der Waals surface area (Å²) in [4.78, 5) is 23.7. The summed E-state index contributed by atoms with van der Waals surface area (Å²) in [6.45, 7) is 2.09. The second-order valence-electron chi connectivity index (χ2n) is 6.13. The van der Waals surface area contributed by atoms with Crippen molar-refractivity contribution in [3.05, 3.63) is 72.1 Å². The summed E-state index contributed by atoms with van der Waals surface area (Å²) in [7, 11) is 0. The number of hydrogen-bond acceptors (Lipinski definition) is 6. The maximum Gasteiger partial charge on any atom is 0.325 e. The first-order valence-corrected chi connectivity index (χ1v) is 9.74. The molecule has 3 amide bonds. The molecule has 3 aromatic rings. The summed E-state index contributed by atoms with van der Waals surface area (Å²) in [6.07, 6.45) is 0.614. The van der Waals surface area contributed by atoms with E-state index in [2.05, 4.69) is 39.9 Å². The SMILES string of the molecule is CC(Cc1nnc(SCC(=O)NC(=O)Nc2ccccc2)o1)c1ccccc1. The van der Waals surface area contributed by atoms with E-state index in [4.69, 9.17) is 4.42 Å². The van der Waals surface area contributed by atoms with E-state index < -0.39 is 11.9 Å². The Hall–Kier alpha value is -3.13. The standard InChI is InChI=1S/C20H20N4O3S/c1-14(15-8-4-2-5-9-15)12-18-23-24-20(27-18)28-13-17(25)22-19(26)21-16-10-6-3-7-11-16/h2-11,14H,12-13H2,1H3,(H2,21,22,25,26). The van der Waals surface area contributed by atoms with Gasteiger partial charge in [0.05, 0.1) is 5.75 Å². The van der Waals surface area contributed by atoms with Crippen LogP contribution in [0.4, 0.5) is 10.5 Å². The third kappa shape index (κ3) is 5.95. The van der Waals surface area contributed by atoms with Crippen LogP contribution in [-0.4, -0.2) is 27.9 Å². The zero-order valence-electron chi connectivity index (χ0n) is 15.3. The number of para-hydroxylation sites is 1. The minimum atomic E-state index is -0.584. The van der Waals surface area contributed by atoms with Crippen LogP contribution in [0.1, 0.15) is 24.3 Å². The number of benzene rings is 2. The summed E-state index contributed by atoms with van der Waals surface area (Å²) < 4.78 is 5.59. The van der Waals surface area contributed by atoms with Gasteiger partial charge in [-0.15, -0.1) is 10.2 Å². The molecule has 0 spiro atoms. The first-order chi connectivity index (χ1) is 13.6. The van der Waals surface area contributed by atoms with Crippen molar-refractivity contribution in [3.63, 3.8) is 0 Å². The monoisotopic (exact) mass is 396 g/mol. The van der Waals surface area contributed by atoms with Gasteiger partial charge in [-0.25, -0.2) is 4.79 Å². The number of carbonyl (C=O) groups is 2. The van der Waals surface area contributed by atoms with Crippen LogP contribution < -0.4 is 10.6 Å². The van der Waals surface area contributed by atoms with Crippen molar-refractivity contribution in [2.45, 2.75) is 24.5 Å². The first-order valence-electron chi connectivity index (χ1n) is 8.76. The van der Waals surface area contributed by atoms with E-state index in [0.29, 0.717) is 23.2 Å². The highest BCUT2D eigenvalue weighted by Gasteiger charge is 2.14. The van der Waals surface area contributed by atoms with Gasteiger partial charge in [0.1, 0.15) is 0 Å². The number of aromatic nitrogens is 2. The van der Waals surface area contributed by atoms with Crippen LogP contribution in [-0.2, 0) is 11.2 Å². The molecule has 1 unspecified atom stereocenters. The molecule has 2 N–H and O–H groups in total. The predicted molar refractivity (Wildman–Crippen MR) is 107 cm³/mol. The molecule has 2 aromatic carbocycles. The maximum absolute atomic E-state index is 11.9. The van der Waals surface area contributed by atoms with E-state index in [0.717, 1.165) is 11.8 Å². The Morgan fingerprint density at radius 1 is 1.04 bits per heavy atom.